The van der Waals surface area contributed by atoms with Gasteiger partial charge in [-0.15, -0.1) is 11.3 Å². The summed E-state index contributed by atoms with van der Waals surface area (Å²) in [5, 5.41) is 20.1. The van der Waals surface area contributed by atoms with E-state index >= 15 is 0 Å². The molecule has 0 atom stereocenters. The maximum Gasteiger partial charge on any atom is 0.136 e. The van der Waals surface area contributed by atoms with Gasteiger partial charge in [0.05, 0.1) is 0 Å². The highest BCUT2D eigenvalue weighted by Crippen LogP contribution is 2.45. The predicted octanol–water partition coefficient (Wildman–Crippen LogP) is 16.2. The minimum atomic E-state index is 0.928. The number of hydrogen-bond donors (Lipinski definition) is 0. The van der Waals surface area contributed by atoms with Crippen LogP contribution >= 0.6 is 11.3 Å². The van der Waals surface area contributed by atoms with Crippen LogP contribution < -0.4 is 0 Å². The number of benzene rings is 11. The molecule has 0 spiro atoms. The van der Waals surface area contributed by atoms with Crippen LogP contribution in [-0.4, -0.2) is 0 Å². The van der Waals surface area contributed by atoms with Crippen molar-refractivity contribution < 1.29 is 4.42 Å². The summed E-state index contributed by atoms with van der Waals surface area (Å²) in [6.07, 6.45) is 0. The second-order valence-corrected chi connectivity index (χ2v) is 16.3. The summed E-state index contributed by atoms with van der Waals surface area (Å²) in [5.41, 5.74) is 6.83. The predicted molar refractivity (Wildman–Crippen MR) is 243 cm³/mol. The Hall–Kier alpha value is -7.00. The van der Waals surface area contributed by atoms with E-state index in [1.165, 1.54) is 118 Å². The molecule has 11 aromatic carbocycles. The van der Waals surface area contributed by atoms with E-state index < -0.39 is 0 Å². The molecule has 258 valence electrons. The molecule has 0 saturated carbocycles. The zero-order valence-corrected chi connectivity index (χ0v) is 31.0. The van der Waals surface area contributed by atoms with Crippen molar-refractivity contribution in [3.63, 3.8) is 0 Å². The van der Waals surface area contributed by atoms with Crippen LogP contribution in [0.2, 0.25) is 0 Å². The van der Waals surface area contributed by atoms with Crippen LogP contribution in [0.4, 0.5) is 0 Å². The molecule has 0 unspecified atom stereocenters. The van der Waals surface area contributed by atoms with Gasteiger partial charge in [0.1, 0.15) is 11.2 Å². The second kappa shape index (κ2) is 11.3. The average Bonchev–Trinajstić information content (AvgIpc) is 3.82. The molecule has 0 aliphatic rings. The van der Waals surface area contributed by atoms with Gasteiger partial charge < -0.3 is 4.42 Å². The Kier molecular flexibility index (Phi) is 6.11. The maximum absolute atomic E-state index is 6.53. The van der Waals surface area contributed by atoms with E-state index in [0.717, 1.165) is 11.2 Å². The quantitative estimate of drug-likeness (QED) is 0.162. The van der Waals surface area contributed by atoms with Gasteiger partial charge in [0, 0.05) is 36.3 Å². The molecule has 2 heterocycles. The molecule has 0 amide bonds. The van der Waals surface area contributed by atoms with Crippen molar-refractivity contribution >= 4 is 118 Å². The van der Waals surface area contributed by atoms with Crippen molar-refractivity contribution in [2.24, 2.45) is 0 Å². The summed E-state index contributed by atoms with van der Waals surface area (Å²) >= 11 is 1.88. The highest BCUT2D eigenvalue weighted by Gasteiger charge is 2.18. The number of thiophene rings is 1. The zero-order valence-electron chi connectivity index (χ0n) is 30.1. The zero-order chi connectivity index (χ0) is 36.5. The molecule has 0 saturated heterocycles. The van der Waals surface area contributed by atoms with Crippen molar-refractivity contribution in [1.82, 2.24) is 0 Å². The van der Waals surface area contributed by atoms with Crippen molar-refractivity contribution in [2.45, 2.75) is 0 Å². The third kappa shape index (κ3) is 4.25. The van der Waals surface area contributed by atoms with Gasteiger partial charge in [0.2, 0.25) is 0 Å². The van der Waals surface area contributed by atoms with E-state index in [2.05, 4.69) is 182 Å². The summed E-state index contributed by atoms with van der Waals surface area (Å²) in [7, 11) is 0. The molecule has 0 aliphatic heterocycles. The summed E-state index contributed by atoms with van der Waals surface area (Å²) < 4.78 is 9.16. The van der Waals surface area contributed by atoms with Gasteiger partial charge in [-0.1, -0.05) is 127 Å². The first-order valence-corrected chi connectivity index (χ1v) is 20.0. The van der Waals surface area contributed by atoms with Crippen molar-refractivity contribution in [3.05, 3.63) is 182 Å². The first-order valence-electron chi connectivity index (χ1n) is 19.2. The van der Waals surface area contributed by atoms with E-state index in [9.17, 15) is 0 Å². The smallest absolute Gasteiger partial charge is 0.136 e. The lowest BCUT2D eigenvalue weighted by Crippen LogP contribution is -1.86. The fourth-order valence-corrected chi connectivity index (χ4v) is 10.7. The molecular formula is C54H30OS. The highest BCUT2D eigenvalue weighted by atomic mass is 32.1. The normalized spacial score (nSPS) is 12.3. The molecule has 0 radical (unpaired) electrons. The molecule has 2 aromatic heterocycles. The molecule has 2 heteroatoms. The van der Waals surface area contributed by atoms with Gasteiger partial charge in [-0.25, -0.2) is 0 Å². The molecule has 13 rings (SSSR count). The number of hydrogen-bond acceptors (Lipinski definition) is 2. The van der Waals surface area contributed by atoms with Gasteiger partial charge in [-0.2, -0.15) is 0 Å². The third-order valence-corrected chi connectivity index (χ3v) is 13.4. The molecular weight excluding hydrogens is 697 g/mol. The van der Waals surface area contributed by atoms with Crippen LogP contribution in [0.15, 0.2) is 186 Å². The van der Waals surface area contributed by atoms with Crippen LogP contribution in [0.3, 0.4) is 0 Å². The fraction of sp³-hybridized carbons (Fsp3) is 0. The molecule has 0 bridgehead atoms. The van der Waals surface area contributed by atoms with Crippen molar-refractivity contribution in [3.8, 4) is 22.3 Å². The SMILES string of the molecule is c1ccc2cc3c(cc2c1)oc1ccc2c4ccc(-c5ccc6sc7ccc(-c8cccc9c8ccc8ccccc89)cc7c6c5)cc4c4ccccc4c2c13. The minimum absolute atomic E-state index is 0.928. The number of fused-ring (bicyclic) bond motifs is 17. The van der Waals surface area contributed by atoms with E-state index in [0.29, 0.717) is 0 Å². The van der Waals surface area contributed by atoms with Crippen LogP contribution in [0.25, 0.3) is 129 Å². The fourth-order valence-electron chi connectivity index (χ4n) is 9.59. The summed E-state index contributed by atoms with van der Waals surface area (Å²) in [6, 6.07) is 67.4. The lowest BCUT2D eigenvalue weighted by molar-refractivity contribution is 0.670. The maximum atomic E-state index is 6.53. The standard InChI is InChI=1S/C54H30OS/c1-2-10-33-30-50-48(28-32(33)9-1)54-49(55-50)23-22-44-42-21-17-34(26-45(42)40-12-5-6-13-43(40)53(44)54)35-18-24-51-46(27-35)47-29-36(19-25-52(47)56-51)38-14-7-15-39-37-11-4-3-8-31(37)16-20-41(38)39/h1-30H. The second-order valence-electron chi connectivity index (χ2n) is 15.2. The summed E-state index contributed by atoms with van der Waals surface area (Å²) in [4.78, 5) is 0. The molecule has 0 fully saturated rings. The topological polar surface area (TPSA) is 13.1 Å². The van der Waals surface area contributed by atoms with E-state index in [1.807, 2.05) is 11.3 Å². The molecule has 0 aliphatic carbocycles. The van der Waals surface area contributed by atoms with E-state index in [-0.39, 0.29) is 0 Å². The Morgan fingerprint density at radius 3 is 1.70 bits per heavy atom. The van der Waals surface area contributed by atoms with Gasteiger partial charge >= 0.3 is 0 Å². The Morgan fingerprint density at radius 2 is 0.857 bits per heavy atom. The molecule has 56 heavy (non-hydrogen) atoms. The minimum Gasteiger partial charge on any atom is -0.456 e. The Labute approximate surface area is 325 Å². The highest BCUT2D eigenvalue weighted by molar-refractivity contribution is 7.25. The van der Waals surface area contributed by atoms with Gasteiger partial charge in [0.15, 0.2) is 0 Å². The average molecular weight is 727 g/mol. The largest absolute Gasteiger partial charge is 0.456 e. The van der Waals surface area contributed by atoms with Gasteiger partial charge in [-0.05, 0) is 136 Å². The van der Waals surface area contributed by atoms with Gasteiger partial charge in [0.25, 0.3) is 0 Å². The first kappa shape index (κ1) is 30.3. The first-order chi connectivity index (χ1) is 27.7. The Bertz CT molecular complexity index is 3800. The summed E-state index contributed by atoms with van der Waals surface area (Å²) in [6.45, 7) is 0. The monoisotopic (exact) mass is 726 g/mol. The van der Waals surface area contributed by atoms with Crippen LogP contribution in [0.5, 0.6) is 0 Å². The Balaban J connectivity index is 0.997. The van der Waals surface area contributed by atoms with Crippen molar-refractivity contribution in [1.29, 1.82) is 0 Å². The lowest BCUT2D eigenvalue weighted by atomic mass is 9.90. The summed E-state index contributed by atoms with van der Waals surface area (Å²) in [5.74, 6) is 0. The molecule has 13 aromatic rings. The Morgan fingerprint density at radius 1 is 0.286 bits per heavy atom. The lowest BCUT2D eigenvalue weighted by Gasteiger charge is -2.13. The molecule has 0 N–H and O–H groups in total. The number of furan rings is 1. The van der Waals surface area contributed by atoms with E-state index in [4.69, 9.17) is 4.42 Å². The van der Waals surface area contributed by atoms with Crippen LogP contribution in [-0.2, 0) is 0 Å². The van der Waals surface area contributed by atoms with Crippen LogP contribution in [0, 0.1) is 0 Å². The van der Waals surface area contributed by atoms with Crippen LogP contribution in [0.1, 0.15) is 0 Å². The molecule has 1 nitrogen and oxygen atoms in total. The number of rotatable bonds is 2. The van der Waals surface area contributed by atoms with E-state index in [1.54, 1.807) is 0 Å². The van der Waals surface area contributed by atoms with Gasteiger partial charge in [-0.3, -0.25) is 0 Å². The van der Waals surface area contributed by atoms with Crippen molar-refractivity contribution in [2.75, 3.05) is 0 Å². The third-order valence-electron chi connectivity index (χ3n) is 12.2.